The third-order valence-electron chi connectivity index (χ3n) is 4.21. The second-order valence-electron chi connectivity index (χ2n) is 6.04. The fraction of sp³-hybridized carbons (Fsp3) is 0.150. The Labute approximate surface area is 155 Å². The normalized spacial score (nSPS) is 14.5. The summed E-state index contributed by atoms with van der Waals surface area (Å²) < 4.78 is 1.10. The van der Waals surface area contributed by atoms with E-state index in [-0.39, 0.29) is 11.8 Å². The van der Waals surface area contributed by atoms with Gasteiger partial charge in [0.15, 0.2) is 0 Å². The number of rotatable bonds is 4. The molecule has 0 unspecified atom stereocenters. The Hall–Kier alpha value is -2.99. The quantitative estimate of drug-likeness (QED) is 0.711. The van der Waals surface area contributed by atoms with Crippen LogP contribution in [0.2, 0.25) is 0 Å². The Balaban J connectivity index is 1.40. The summed E-state index contributed by atoms with van der Waals surface area (Å²) in [5.41, 5.74) is 2.50. The van der Waals surface area contributed by atoms with Crippen molar-refractivity contribution in [3.8, 4) is 0 Å². The van der Waals surface area contributed by atoms with Crippen molar-refractivity contribution in [2.24, 2.45) is 0 Å². The molecule has 4 rings (SSSR count). The Bertz CT molecular complexity index is 959. The number of aromatic nitrogens is 1. The van der Waals surface area contributed by atoms with Crippen LogP contribution in [0.25, 0.3) is 16.3 Å². The number of hydrogen-bond donors (Lipinski definition) is 1. The molecule has 0 atom stereocenters. The molecule has 1 fully saturated rings. The molecule has 130 valence electrons. The summed E-state index contributed by atoms with van der Waals surface area (Å²) in [4.78, 5) is 30.1. The number of nitrogens with zero attached hydrogens (tertiary/aromatic N) is 2. The highest BCUT2D eigenvalue weighted by molar-refractivity contribution is 7.19. The third-order valence-corrected chi connectivity index (χ3v) is 5.21. The van der Waals surface area contributed by atoms with E-state index in [0.29, 0.717) is 12.1 Å². The Morgan fingerprint density at radius 3 is 2.69 bits per heavy atom. The summed E-state index contributed by atoms with van der Waals surface area (Å²) >= 11 is 1.55. The van der Waals surface area contributed by atoms with Crippen molar-refractivity contribution in [1.29, 1.82) is 0 Å². The van der Waals surface area contributed by atoms with Gasteiger partial charge in [0.05, 0.1) is 10.2 Å². The minimum Gasteiger partial charge on any atom is -0.323 e. The van der Waals surface area contributed by atoms with Crippen LogP contribution in [0.4, 0.5) is 11.4 Å². The molecule has 0 aliphatic carbocycles. The fourth-order valence-electron chi connectivity index (χ4n) is 2.94. The van der Waals surface area contributed by atoms with E-state index in [4.69, 9.17) is 0 Å². The van der Waals surface area contributed by atoms with E-state index < -0.39 is 0 Å². The number of nitrogens with one attached hydrogen (secondary N) is 1. The average Bonchev–Trinajstić information content (AvgIpc) is 3.26. The summed E-state index contributed by atoms with van der Waals surface area (Å²) in [6.07, 6.45) is 4.70. The molecule has 5 nitrogen and oxygen atoms in total. The molecule has 1 aromatic heterocycles. The number of carbonyl (C=O) groups excluding carboxylic acids is 2. The summed E-state index contributed by atoms with van der Waals surface area (Å²) in [6, 6.07) is 15.2. The number of benzene rings is 2. The van der Waals surface area contributed by atoms with E-state index in [1.54, 1.807) is 22.3 Å². The van der Waals surface area contributed by atoms with E-state index in [9.17, 15) is 9.59 Å². The zero-order valence-electron chi connectivity index (χ0n) is 14.0. The topological polar surface area (TPSA) is 62.3 Å². The van der Waals surface area contributed by atoms with E-state index >= 15 is 0 Å². The van der Waals surface area contributed by atoms with Crippen molar-refractivity contribution in [3.63, 3.8) is 0 Å². The number of anilines is 2. The van der Waals surface area contributed by atoms with Gasteiger partial charge in [-0.25, -0.2) is 4.98 Å². The molecule has 6 heteroatoms. The molecular weight excluding hydrogens is 346 g/mol. The van der Waals surface area contributed by atoms with Gasteiger partial charge < -0.3 is 10.2 Å². The molecule has 0 saturated carbocycles. The van der Waals surface area contributed by atoms with Gasteiger partial charge in [-0.05, 0) is 48.9 Å². The van der Waals surface area contributed by atoms with Crippen molar-refractivity contribution < 1.29 is 9.59 Å². The predicted molar refractivity (Wildman–Crippen MR) is 105 cm³/mol. The summed E-state index contributed by atoms with van der Waals surface area (Å²) in [5, 5.41) is 3.62. The molecule has 26 heavy (non-hydrogen) atoms. The van der Waals surface area contributed by atoms with Gasteiger partial charge in [-0.15, -0.1) is 11.3 Å². The summed E-state index contributed by atoms with van der Waals surface area (Å²) in [5.74, 6) is -0.0604. The first-order valence-electron chi connectivity index (χ1n) is 8.44. The maximum atomic E-state index is 12.1. The number of para-hydroxylation sites is 1. The van der Waals surface area contributed by atoms with Gasteiger partial charge in [0, 0.05) is 30.4 Å². The van der Waals surface area contributed by atoms with Crippen LogP contribution >= 0.6 is 11.3 Å². The van der Waals surface area contributed by atoms with Crippen molar-refractivity contribution in [3.05, 3.63) is 59.6 Å². The zero-order valence-corrected chi connectivity index (χ0v) is 14.8. The van der Waals surface area contributed by atoms with E-state index in [0.717, 1.165) is 33.9 Å². The van der Waals surface area contributed by atoms with Crippen molar-refractivity contribution in [1.82, 2.24) is 4.98 Å². The fourth-order valence-corrected chi connectivity index (χ4v) is 3.81. The highest BCUT2D eigenvalue weighted by atomic mass is 32.1. The smallest absolute Gasteiger partial charge is 0.248 e. The molecule has 1 aliphatic heterocycles. The van der Waals surface area contributed by atoms with Crippen LogP contribution in [0.15, 0.2) is 54.6 Å². The van der Waals surface area contributed by atoms with Crippen molar-refractivity contribution >= 4 is 50.8 Å². The van der Waals surface area contributed by atoms with Crippen molar-refractivity contribution in [2.75, 3.05) is 16.8 Å². The van der Waals surface area contributed by atoms with Crippen LogP contribution < -0.4 is 10.2 Å². The highest BCUT2D eigenvalue weighted by Crippen LogP contribution is 2.24. The lowest BCUT2D eigenvalue weighted by Crippen LogP contribution is -2.23. The molecule has 2 aromatic carbocycles. The second-order valence-corrected chi connectivity index (χ2v) is 7.10. The summed E-state index contributed by atoms with van der Waals surface area (Å²) in [6.45, 7) is 0.759. The molecule has 2 heterocycles. The molecule has 0 radical (unpaired) electrons. The van der Waals surface area contributed by atoms with Gasteiger partial charge in [0.2, 0.25) is 11.8 Å². The molecule has 2 amide bonds. The zero-order chi connectivity index (χ0) is 17.9. The summed E-state index contributed by atoms with van der Waals surface area (Å²) in [7, 11) is 0. The monoisotopic (exact) mass is 363 g/mol. The standard InChI is InChI=1S/C20H17N3O2S/c24-18(11-12-19-22-16-4-1-2-5-17(16)26-19)21-14-7-9-15(10-8-14)23-13-3-6-20(23)25/h1-2,4-5,7-12H,3,6,13H2,(H,21,24)/b12-11+. The number of fused-ring (bicyclic) bond motifs is 1. The van der Waals surface area contributed by atoms with Gasteiger partial charge in [-0.3, -0.25) is 9.59 Å². The van der Waals surface area contributed by atoms with E-state index in [1.807, 2.05) is 48.5 Å². The molecule has 0 bridgehead atoms. The lowest BCUT2D eigenvalue weighted by Gasteiger charge is -2.15. The van der Waals surface area contributed by atoms with Gasteiger partial charge in [-0.2, -0.15) is 0 Å². The van der Waals surface area contributed by atoms with Gasteiger partial charge in [-0.1, -0.05) is 12.1 Å². The number of hydrogen-bond acceptors (Lipinski definition) is 4. The Morgan fingerprint density at radius 1 is 1.15 bits per heavy atom. The largest absolute Gasteiger partial charge is 0.323 e. The molecule has 3 aromatic rings. The minimum atomic E-state index is -0.214. The highest BCUT2D eigenvalue weighted by Gasteiger charge is 2.21. The van der Waals surface area contributed by atoms with Crippen molar-refractivity contribution in [2.45, 2.75) is 12.8 Å². The molecule has 0 spiro atoms. The lowest BCUT2D eigenvalue weighted by molar-refractivity contribution is -0.117. The molecule has 1 N–H and O–H groups in total. The predicted octanol–water partition coefficient (Wildman–Crippen LogP) is 4.08. The van der Waals surface area contributed by atoms with Gasteiger partial charge in [0.1, 0.15) is 5.01 Å². The minimum absolute atomic E-state index is 0.153. The maximum Gasteiger partial charge on any atom is 0.248 e. The first-order chi connectivity index (χ1) is 12.7. The SMILES string of the molecule is O=C(/C=C/c1nc2ccccc2s1)Nc1ccc(N2CCCC2=O)cc1. The van der Waals surface area contributed by atoms with E-state index in [1.165, 1.54) is 6.08 Å². The first kappa shape index (κ1) is 16.5. The average molecular weight is 363 g/mol. The number of carbonyl (C=O) groups is 2. The van der Waals surface area contributed by atoms with Gasteiger partial charge in [0.25, 0.3) is 0 Å². The Morgan fingerprint density at radius 2 is 1.96 bits per heavy atom. The molecule has 1 saturated heterocycles. The van der Waals surface area contributed by atoms with Crippen LogP contribution in [0, 0.1) is 0 Å². The number of amides is 2. The van der Waals surface area contributed by atoms with Crippen LogP contribution in [0.3, 0.4) is 0 Å². The van der Waals surface area contributed by atoms with E-state index in [2.05, 4.69) is 10.3 Å². The first-order valence-corrected chi connectivity index (χ1v) is 9.26. The Kier molecular flexibility index (Phi) is 4.50. The third kappa shape index (κ3) is 3.50. The van der Waals surface area contributed by atoms with Crippen LogP contribution in [-0.4, -0.2) is 23.3 Å². The molecular formula is C20H17N3O2S. The van der Waals surface area contributed by atoms with Crippen LogP contribution in [0.5, 0.6) is 0 Å². The second kappa shape index (κ2) is 7.09. The molecule has 1 aliphatic rings. The number of thiazole rings is 1. The van der Waals surface area contributed by atoms with Gasteiger partial charge >= 0.3 is 0 Å². The van der Waals surface area contributed by atoms with Crippen LogP contribution in [0.1, 0.15) is 17.8 Å². The van der Waals surface area contributed by atoms with Crippen LogP contribution in [-0.2, 0) is 9.59 Å². The lowest BCUT2D eigenvalue weighted by atomic mass is 10.2. The maximum absolute atomic E-state index is 12.1.